The molecule has 136 valence electrons. The van der Waals surface area contributed by atoms with E-state index in [1.807, 2.05) is 0 Å². The van der Waals surface area contributed by atoms with E-state index in [-0.39, 0.29) is 5.69 Å². The van der Waals surface area contributed by atoms with Crippen molar-refractivity contribution >= 4 is 23.0 Å². The third-order valence-electron chi connectivity index (χ3n) is 3.61. The molecule has 0 heterocycles. The molecule has 0 radical (unpaired) electrons. The van der Waals surface area contributed by atoms with E-state index in [9.17, 15) is 30.1 Å². The van der Waals surface area contributed by atoms with Crippen LogP contribution in [0.25, 0.3) is 0 Å². The Bertz CT molecular complexity index is 826. The van der Waals surface area contributed by atoms with Crippen LogP contribution in [0.3, 0.4) is 0 Å². The average molecular weight is 361 g/mol. The molecule has 2 atom stereocenters. The summed E-state index contributed by atoms with van der Waals surface area (Å²) in [5, 5.41) is 35.1. The molecular weight excluding hydrogens is 346 g/mol. The molecule has 0 aliphatic heterocycles. The molecule has 0 bridgehead atoms. The molecule has 0 saturated heterocycles. The van der Waals surface area contributed by atoms with Gasteiger partial charge in [0.2, 0.25) is 0 Å². The first-order valence-electron chi connectivity index (χ1n) is 7.35. The number of esters is 1. The van der Waals surface area contributed by atoms with Crippen LogP contribution in [0.15, 0.2) is 48.5 Å². The number of methoxy groups -OCH3 is 1. The molecule has 2 aromatic rings. The molecule has 26 heavy (non-hydrogen) atoms. The lowest BCUT2D eigenvalue weighted by Gasteiger charge is -2.23. The first-order valence-corrected chi connectivity index (χ1v) is 7.35. The van der Waals surface area contributed by atoms with Crippen molar-refractivity contribution in [1.29, 1.82) is 0 Å². The van der Waals surface area contributed by atoms with E-state index >= 15 is 0 Å². The summed E-state index contributed by atoms with van der Waals surface area (Å²) in [4.78, 5) is 32.5. The zero-order valence-corrected chi connectivity index (χ0v) is 13.6. The van der Waals surface area contributed by atoms with E-state index in [1.165, 1.54) is 0 Å². The highest BCUT2D eigenvalue weighted by Gasteiger charge is 2.31. The molecular formula is C16H15N3O7. The van der Waals surface area contributed by atoms with Crippen LogP contribution in [0.5, 0.6) is 0 Å². The van der Waals surface area contributed by atoms with Crippen LogP contribution in [-0.4, -0.2) is 34.1 Å². The fourth-order valence-corrected chi connectivity index (χ4v) is 2.31. The van der Waals surface area contributed by atoms with Gasteiger partial charge in [0, 0.05) is 6.07 Å². The van der Waals surface area contributed by atoms with Crippen LogP contribution in [-0.2, 0) is 9.53 Å². The van der Waals surface area contributed by atoms with Crippen molar-refractivity contribution in [2.45, 2.75) is 12.1 Å². The zero-order chi connectivity index (χ0) is 19.3. The standard InChI is InChI=1S/C16H15N3O7/c1-26-16(21)14(15(20)10-5-3-2-4-6-10)17-12-8-7-11(18(22)23)9-13(12)19(24)25/h2-9,14-15,17,20H,1H3/t14-,15+/m0/s1. The van der Waals surface area contributed by atoms with Gasteiger partial charge in [-0.1, -0.05) is 30.3 Å². The minimum absolute atomic E-state index is 0.161. The van der Waals surface area contributed by atoms with Crippen molar-refractivity contribution in [2.24, 2.45) is 0 Å². The number of nitro benzene ring substituents is 2. The monoisotopic (exact) mass is 361 g/mol. The first kappa shape index (κ1) is 18.8. The van der Waals surface area contributed by atoms with Crippen molar-refractivity contribution in [1.82, 2.24) is 0 Å². The molecule has 2 aromatic carbocycles. The Hall–Kier alpha value is -3.53. The molecule has 0 amide bonds. The summed E-state index contributed by atoms with van der Waals surface area (Å²) in [6.45, 7) is 0. The predicted octanol–water partition coefficient (Wildman–Crippen LogP) is 2.19. The summed E-state index contributed by atoms with van der Waals surface area (Å²) in [6, 6.07) is 9.75. The van der Waals surface area contributed by atoms with Crippen LogP contribution < -0.4 is 5.32 Å². The number of benzene rings is 2. The lowest BCUT2D eigenvalue weighted by Crippen LogP contribution is -2.36. The fraction of sp³-hybridized carbons (Fsp3) is 0.188. The number of aliphatic hydroxyl groups excluding tert-OH is 1. The van der Waals surface area contributed by atoms with Gasteiger partial charge in [-0.3, -0.25) is 20.2 Å². The number of ether oxygens (including phenoxy) is 1. The Kier molecular flexibility index (Phi) is 5.81. The normalized spacial score (nSPS) is 12.7. The van der Waals surface area contributed by atoms with E-state index < -0.39 is 39.3 Å². The number of hydrogen-bond donors (Lipinski definition) is 2. The first-order chi connectivity index (χ1) is 12.3. The topological polar surface area (TPSA) is 145 Å². The summed E-state index contributed by atoms with van der Waals surface area (Å²) in [6.07, 6.45) is -1.36. The van der Waals surface area contributed by atoms with E-state index in [0.717, 1.165) is 25.3 Å². The lowest BCUT2D eigenvalue weighted by atomic mass is 10.0. The van der Waals surface area contributed by atoms with Gasteiger partial charge >= 0.3 is 5.97 Å². The van der Waals surface area contributed by atoms with Crippen molar-refractivity contribution in [3.05, 3.63) is 74.3 Å². The van der Waals surface area contributed by atoms with E-state index in [1.54, 1.807) is 30.3 Å². The second-order valence-corrected chi connectivity index (χ2v) is 5.22. The Labute approximate surface area is 147 Å². The number of aliphatic hydroxyl groups is 1. The molecule has 10 heteroatoms. The highest BCUT2D eigenvalue weighted by atomic mass is 16.6. The number of nitro groups is 2. The van der Waals surface area contributed by atoms with Crippen LogP contribution in [0.2, 0.25) is 0 Å². The van der Waals surface area contributed by atoms with Crippen molar-refractivity contribution in [3.63, 3.8) is 0 Å². The highest BCUT2D eigenvalue weighted by Crippen LogP contribution is 2.31. The van der Waals surface area contributed by atoms with Gasteiger partial charge in [-0.15, -0.1) is 0 Å². The molecule has 2 rings (SSSR count). The third-order valence-corrected chi connectivity index (χ3v) is 3.61. The van der Waals surface area contributed by atoms with Gasteiger partial charge in [-0.25, -0.2) is 4.79 Å². The minimum Gasteiger partial charge on any atom is -0.467 e. The molecule has 0 aromatic heterocycles. The average Bonchev–Trinajstić information content (AvgIpc) is 2.65. The highest BCUT2D eigenvalue weighted by molar-refractivity contribution is 5.82. The predicted molar refractivity (Wildman–Crippen MR) is 90.6 cm³/mol. The number of nitrogens with zero attached hydrogens (tertiary/aromatic N) is 2. The number of rotatable bonds is 7. The second-order valence-electron chi connectivity index (χ2n) is 5.22. The maximum absolute atomic E-state index is 12.1. The molecule has 0 spiro atoms. The Morgan fingerprint density at radius 1 is 1.12 bits per heavy atom. The van der Waals surface area contributed by atoms with Gasteiger partial charge in [-0.05, 0) is 11.6 Å². The van der Waals surface area contributed by atoms with E-state index in [4.69, 9.17) is 0 Å². The summed E-state index contributed by atoms with van der Waals surface area (Å²) in [5.41, 5.74) is -0.847. The minimum atomic E-state index is -1.36. The number of hydrogen-bond acceptors (Lipinski definition) is 8. The number of carbonyl (C=O) groups excluding carboxylic acids is 1. The van der Waals surface area contributed by atoms with E-state index in [2.05, 4.69) is 10.1 Å². The molecule has 0 saturated carbocycles. The number of nitrogens with one attached hydrogen (secondary N) is 1. The van der Waals surface area contributed by atoms with Crippen molar-refractivity contribution < 1.29 is 24.5 Å². The number of carbonyl (C=O) groups is 1. The van der Waals surface area contributed by atoms with Crippen LogP contribution in [0.4, 0.5) is 17.1 Å². The molecule has 10 nitrogen and oxygen atoms in total. The van der Waals surface area contributed by atoms with Gasteiger partial charge in [0.15, 0.2) is 6.04 Å². The van der Waals surface area contributed by atoms with Crippen LogP contribution in [0, 0.1) is 20.2 Å². The molecule has 0 aliphatic carbocycles. The summed E-state index contributed by atoms with van der Waals surface area (Å²) in [5.74, 6) is -0.853. The summed E-state index contributed by atoms with van der Waals surface area (Å²) < 4.78 is 4.65. The van der Waals surface area contributed by atoms with Crippen LogP contribution >= 0.6 is 0 Å². The number of non-ortho nitro benzene ring substituents is 1. The smallest absolute Gasteiger partial charge is 0.331 e. The SMILES string of the molecule is COC(=O)[C@@H](Nc1ccc([N+](=O)[O-])cc1[N+](=O)[O-])[C@H](O)c1ccccc1. The molecule has 0 unspecified atom stereocenters. The maximum Gasteiger partial charge on any atom is 0.331 e. The number of anilines is 1. The zero-order valence-electron chi connectivity index (χ0n) is 13.6. The Morgan fingerprint density at radius 2 is 1.77 bits per heavy atom. The van der Waals surface area contributed by atoms with E-state index in [0.29, 0.717) is 5.56 Å². The maximum atomic E-state index is 12.1. The van der Waals surface area contributed by atoms with Crippen molar-refractivity contribution in [2.75, 3.05) is 12.4 Å². The van der Waals surface area contributed by atoms with Gasteiger partial charge in [-0.2, -0.15) is 0 Å². The third kappa shape index (κ3) is 4.11. The second kappa shape index (κ2) is 8.03. The van der Waals surface area contributed by atoms with Crippen LogP contribution in [0.1, 0.15) is 11.7 Å². The Balaban J connectivity index is 2.41. The summed E-state index contributed by atoms with van der Waals surface area (Å²) >= 11 is 0. The van der Waals surface area contributed by atoms with Gasteiger partial charge in [0.25, 0.3) is 11.4 Å². The van der Waals surface area contributed by atoms with Gasteiger partial charge in [0.05, 0.1) is 23.0 Å². The van der Waals surface area contributed by atoms with Gasteiger partial charge < -0.3 is 15.2 Å². The summed E-state index contributed by atoms with van der Waals surface area (Å²) in [7, 11) is 1.11. The fourth-order valence-electron chi connectivity index (χ4n) is 2.31. The lowest BCUT2D eigenvalue weighted by molar-refractivity contribution is -0.393. The molecule has 0 fully saturated rings. The van der Waals surface area contributed by atoms with Gasteiger partial charge in [0.1, 0.15) is 11.8 Å². The molecule has 0 aliphatic rings. The Morgan fingerprint density at radius 3 is 2.31 bits per heavy atom. The molecule has 2 N–H and O–H groups in total. The largest absolute Gasteiger partial charge is 0.467 e. The quantitative estimate of drug-likeness (QED) is 0.433. The van der Waals surface area contributed by atoms with Crippen molar-refractivity contribution in [3.8, 4) is 0 Å².